The molecule has 31 heavy (non-hydrogen) atoms. The Balaban J connectivity index is 1.75. The highest BCUT2D eigenvalue weighted by Gasteiger charge is 2.41. The Bertz CT molecular complexity index is 1280. The van der Waals surface area contributed by atoms with Gasteiger partial charge in [0, 0.05) is 11.2 Å². The molecule has 0 bridgehead atoms. The van der Waals surface area contributed by atoms with E-state index in [0.29, 0.717) is 27.0 Å². The van der Waals surface area contributed by atoms with Crippen LogP contribution in [-0.2, 0) is 16.6 Å². The predicted octanol–water partition coefficient (Wildman–Crippen LogP) is 5.20. The van der Waals surface area contributed by atoms with Crippen LogP contribution in [-0.4, -0.2) is 21.3 Å². The summed E-state index contributed by atoms with van der Waals surface area (Å²) in [7, 11) is -2.60. The molecule has 0 atom stereocenters. The second-order valence-corrected chi connectivity index (χ2v) is 10.1. The number of allylic oxidation sites excluding steroid dienone is 1. The van der Waals surface area contributed by atoms with Crippen LogP contribution in [0.4, 0.5) is 11.4 Å². The van der Waals surface area contributed by atoms with Crippen molar-refractivity contribution < 1.29 is 17.9 Å². The van der Waals surface area contributed by atoms with Gasteiger partial charge in [-0.05, 0) is 42.1 Å². The molecule has 0 spiro atoms. The van der Waals surface area contributed by atoms with Crippen molar-refractivity contribution in [2.24, 2.45) is 0 Å². The summed E-state index contributed by atoms with van der Waals surface area (Å²) in [6.45, 7) is 2.09. The number of rotatable bonds is 5. The molecule has 3 aromatic rings. The number of hydrogen-bond acceptors (Lipinski definition) is 6. The number of ketones is 1. The van der Waals surface area contributed by atoms with Gasteiger partial charge in [-0.3, -0.25) is 9.10 Å². The van der Waals surface area contributed by atoms with Crippen molar-refractivity contribution in [3.8, 4) is 5.75 Å². The number of carbonyl (C=O) groups is 1. The molecule has 0 amide bonds. The topological polar surface area (TPSA) is 75.7 Å². The molecule has 1 aromatic heterocycles. The van der Waals surface area contributed by atoms with E-state index in [1.165, 1.54) is 29.0 Å². The van der Waals surface area contributed by atoms with Crippen molar-refractivity contribution in [1.29, 1.82) is 0 Å². The third-order valence-corrected chi connectivity index (χ3v) is 7.78. The Kier molecular flexibility index (Phi) is 5.79. The van der Waals surface area contributed by atoms with Gasteiger partial charge in [0.25, 0.3) is 10.0 Å². The summed E-state index contributed by atoms with van der Waals surface area (Å²) in [4.78, 5) is 13.1. The number of aryl methyl sites for hydroxylation is 1. The zero-order valence-electron chi connectivity index (χ0n) is 16.8. The van der Waals surface area contributed by atoms with Crippen LogP contribution in [0.25, 0.3) is 0 Å². The van der Waals surface area contributed by atoms with E-state index in [2.05, 4.69) is 5.32 Å². The van der Waals surface area contributed by atoms with Gasteiger partial charge in [-0.2, -0.15) is 0 Å². The zero-order valence-corrected chi connectivity index (χ0v) is 19.1. The molecule has 2 aromatic carbocycles. The summed E-state index contributed by atoms with van der Waals surface area (Å²) >= 11 is 7.27. The Morgan fingerprint density at radius 3 is 2.61 bits per heavy atom. The van der Waals surface area contributed by atoms with Crippen LogP contribution >= 0.6 is 22.9 Å². The highest BCUT2D eigenvalue weighted by Crippen LogP contribution is 2.39. The molecule has 9 heteroatoms. The number of thiophene rings is 1. The number of Topliss-reactive ketones (excluding diaryl/α,β-unsaturated/α-hetero) is 1. The van der Waals surface area contributed by atoms with Crippen LogP contribution in [0.1, 0.15) is 20.8 Å². The van der Waals surface area contributed by atoms with E-state index in [9.17, 15) is 13.2 Å². The summed E-state index contributed by atoms with van der Waals surface area (Å²) in [6, 6.07) is 14.2. The Labute approximate surface area is 189 Å². The largest absolute Gasteiger partial charge is 0.495 e. The van der Waals surface area contributed by atoms with Crippen LogP contribution in [0.2, 0.25) is 5.02 Å². The van der Waals surface area contributed by atoms with Crippen molar-refractivity contribution in [3.63, 3.8) is 0 Å². The molecule has 6 nitrogen and oxygen atoms in total. The number of nitrogens with one attached hydrogen (secondary N) is 1. The van der Waals surface area contributed by atoms with E-state index in [1.807, 2.05) is 31.2 Å². The van der Waals surface area contributed by atoms with Gasteiger partial charge in [0.05, 0.1) is 25.0 Å². The average Bonchev–Trinajstić information content (AvgIpc) is 3.22. The minimum absolute atomic E-state index is 0.122. The Morgan fingerprint density at radius 2 is 1.90 bits per heavy atom. The standard InChI is InChI=1S/C22H19ClN2O4S2/c1-14-3-5-15(6-4-14)13-25-18-9-10-30-22(18)21(26)20(31(25,27)28)12-24-17-11-16(23)7-8-19(17)29-2/h3-12,24H,13H2,1-2H3. The minimum Gasteiger partial charge on any atom is -0.495 e. The van der Waals surface area contributed by atoms with Crippen LogP contribution in [0.15, 0.2) is 65.0 Å². The highest BCUT2D eigenvalue weighted by atomic mass is 35.5. The quantitative estimate of drug-likeness (QED) is 0.514. The first-order valence-electron chi connectivity index (χ1n) is 9.32. The average molecular weight is 475 g/mol. The summed E-state index contributed by atoms with van der Waals surface area (Å²) in [6.07, 6.45) is 1.21. The first-order chi connectivity index (χ1) is 14.8. The third kappa shape index (κ3) is 4.06. The smallest absolute Gasteiger partial charge is 0.270 e. The van der Waals surface area contributed by atoms with Crippen molar-refractivity contribution in [2.75, 3.05) is 16.7 Å². The normalized spacial score (nSPS) is 16.3. The minimum atomic E-state index is -4.09. The molecule has 1 aliphatic rings. The van der Waals surface area contributed by atoms with Crippen molar-refractivity contribution >= 4 is 50.1 Å². The number of anilines is 2. The molecule has 2 heterocycles. The number of benzene rings is 2. The van der Waals surface area contributed by atoms with Crippen LogP contribution in [0.3, 0.4) is 0 Å². The van der Waals surface area contributed by atoms with Gasteiger partial charge in [0.15, 0.2) is 4.91 Å². The van der Waals surface area contributed by atoms with Gasteiger partial charge in [-0.15, -0.1) is 11.3 Å². The van der Waals surface area contributed by atoms with E-state index in [0.717, 1.165) is 11.1 Å². The maximum Gasteiger partial charge on any atom is 0.270 e. The van der Waals surface area contributed by atoms with Gasteiger partial charge in [0.2, 0.25) is 5.78 Å². The van der Waals surface area contributed by atoms with Crippen LogP contribution in [0, 0.1) is 6.92 Å². The number of halogens is 1. The number of carbonyl (C=O) groups excluding carboxylic acids is 1. The van der Waals surface area contributed by atoms with Crippen molar-refractivity contribution in [2.45, 2.75) is 13.5 Å². The molecule has 0 aliphatic carbocycles. The number of hydrogen-bond donors (Lipinski definition) is 1. The fourth-order valence-electron chi connectivity index (χ4n) is 3.25. The lowest BCUT2D eigenvalue weighted by Gasteiger charge is -2.29. The number of methoxy groups -OCH3 is 1. The summed E-state index contributed by atoms with van der Waals surface area (Å²) in [5, 5.41) is 5.05. The molecular weight excluding hydrogens is 456 g/mol. The number of fused-ring (bicyclic) bond motifs is 1. The zero-order chi connectivity index (χ0) is 22.2. The Morgan fingerprint density at radius 1 is 1.16 bits per heavy atom. The van der Waals surface area contributed by atoms with Gasteiger partial charge in [-0.1, -0.05) is 41.4 Å². The number of sulfonamides is 1. The van der Waals surface area contributed by atoms with E-state index in [4.69, 9.17) is 16.3 Å². The molecule has 160 valence electrons. The number of nitrogens with zero attached hydrogens (tertiary/aromatic N) is 1. The molecule has 4 rings (SSSR count). The molecule has 0 fully saturated rings. The van der Waals surface area contributed by atoms with Crippen LogP contribution < -0.4 is 14.4 Å². The van der Waals surface area contributed by atoms with Gasteiger partial charge < -0.3 is 10.1 Å². The molecule has 0 radical (unpaired) electrons. The van der Waals surface area contributed by atoms with Crippen molar-refractivity contribution in [1.82, 2.24) is 0 Å². The van der Waals surface area contributed by atoms with Crippen LogP contribution in [0.5, 0.6) is 5.75 Å². The lowest BCUT2D eigenvalue weighted by Crippen LogP contribution is -2.38. The van der Waals surface area contributed by atoms with E-state index in [1.54, 1.807) is 29.6 Å². The highest BCUT2D eigenvalue weighted by molar-refractivity contribution is 7.97. The summed E-state index contributed by atoms with van der Waals surface area (Å²) in [5.74, 6) is -0.0751. The Hall–Kier alpha value is -2.81. The first-order valence-corrected chi connectivity index (χ1v) is 12.0. The monoisotopic (exact) mass is 474 g/mol. The molecule has 0 unspecified atom stereocenters. The molecule has 0 saturated carbocycles. The maximum absolute atomic E-state index is 13.4. The van der Waals surface area contributed by atoms with Gasteiger partial charge in [-0.25, -0.2) is 8.42 Å². The van der Waals surface area contributed by atoms with Gasteiger partial charge in [0.1, 0.15) is 10.6 Å². The third-order valence-electron chi connectivity index (χ3n) is 4.88. The van der Waals surface area contributed by atoms with E-state index >= 15 is 0 Å². The summed E-state index contributed by atoms with van der Waals surface area (Å²) < 4.78 is 33.4. The lowest BCUT2D eigenvalue weighted by atomic mass is 10.1. The molecular formula is C22H19ClN2O4S2. The second kappa shape index (κ2) is 8.37. The fourth-order valence-corrected chi connectivity index (χ4v) is 5.91. The lowest BCUT2D eigenvalue weighted by molar-refractivity contribution is 0.104. The van der Waals surface area contributed by atoms with E-state index < -0.39 is 15.8 Å². The van der Waals surface area contributed by atoms with E-state index in [-0.39, 0.29) is 11.4 Å². The van der Waals surface area contributed by atoms with Crippen molar-refractivity contribution in [3.05, 3.63) is 86.0 Å². The summed E-state index contributed by atoms with van der Waals surface area (Å²) in [5.41, 5.74) is 2.75. The maximum atomic E-state index is 13.4. The predicted molar refractivity (Wildman–Crippen MR) is 125 cm³/mol. The SMILES string of the molecule is COc1ccc(Cl)cc1NC=C1C(=O)c2sccc2N(Cc2ccc(C)cc2)S1(=O)=O. The first kappa shape index (κ1) is 21.4. The molecule has 1 N–H and O–H groups in total. The second-order valence-electron chi connectivity index (χ2n) is 6.96. The molecule has 1 aliphatic heterocycles. The fraction of sp³-hybridized carbons (Fsp3) is 0.136. The molecule has 0 saturated heterocycles. The number of ether oxygens (including phenoxy) is 1. The van der Waals surface area contributed by atoms with Gasteiger partial charge >= 0.3 is 0 Å².